The van der Waals surface area contributed by atoms with Gasteiger partial charge in [0, 0.05) is 38.3 Å². The molecule has 4 rings (SSSR count). The van der Waals surface area contributed by atoms with Crippen LogP contribution in [0.25, 0.3) is 0 Å². The number of piperazine rings is 1. The molecule has 6 nitrogen and oxygen atoms in total. The maximum atomic E-state index is 12.9. The van der Waals surface area contributed by atoms with Crippen LogP contribution in [0.1, 0.15) is 23.3 Å². The van der Waals surface area contributed by atoms with E-state index in [9.17, 15) is 4.79 Å². The lowest BCUT2D eigenvalue weighted by atomic mass is 10.0. The minimum Gasteiger partial charge on any atom is -0.467 e. The predicted octanol–water partition coefficient (Wildman–Crippen LogP) is 2.62. The van der Waals surface area contributed by atoms with Crippen LogP contribution in [0.3, 0.4) is 0 Å². The van der Waals surface area contributed by atoms with Gasteiger partial charge in [-0.3, -0.25) is 9.69 Å². The van der Waals surface area contributed by atoms with E-state index in [-0.39, 0.29) is 31.1 Å². The summed E-state index contributed by atoms with van der Waals surface area (Å²) in [6.45, 7) is 4.69. The third-order valence-electron chi connectivity index (χ3n) is 5.52. The molecule has 0 aromatic heterocycles. The highest BCUT2D eigenvalue weighted by Crippen LogP contribution is 2.32. The molecule has 2 aromatic carbocycles. The maximum absolute atomic E-state index is 12.9. The smallest absolute Gasteiger partial charge is 0.254 e. The van der Waals surface area contributed by atoms with E-state index in [0.717, 1.165) is 31.7 Å². The summed E-state index contributed by atoms with van der Waals surface area (Å²) >= 11 is 0. The normalized spacial score (nSPS) is 20.7. The number of para-hydroxylation sites is 1. The number of carbonyl (C=O) groups is 1. The molecule has 2 atom stereocenters. The maximum Gasteiger partial charge on any atom is 0.254 e. The Morgan fingerprint density at radius 1 is 1.07 bits per heavy atom. The summed E-state index contributed by atoms with van der Waals surface area (Å²) in [5.74, 6) is 0.596. The Balaban J connectivity index is 0.00000240. The Bertz CT molecular complexity index is 797. The molecule has 0 bridgehead atoms. The van der Waals surface area contributed by atoms with Gasteiger partial charge in [-0.05, 0) is 18.7 Å². The Kier molecular flexibility index (Phi) is 7.50. The van der Waals surface area contributed by atoms with Crippen molar-refractivity contribution in [3.05, 3.63) is 65.7 Å². The minimum atomic E-state index is -0.631. The van der Waals surface area contributed by atoms with Gasteiger partial charge in [-0.1, -0.05) is 48.5 Å². The molecule has 2 aliphatic rings. The molecule has 1 N–H and O–H groups in total. The monoisotopic (exact) mass is 417 g/mol. The molecule has 156 valence electrons. The van der Waals surface area contributed by atoms with E-state index in [1.807, 2.05) is 30.3 Å². The van der Waals surface area contributed by atoms with Crippen LogP contribution in [0.4, 0.5) is 0 Å². The number of hydrogen-bond donors (Lipinski definition) is 1. The van der Waals surface area contributed by atoms with Gasteiger partial charge >= 0.3 is 0 Å². The number of ether oxygens (including phenoxy) is 2. The van der Waals surface area contributed by atoms with Crippen LogP contribution in [0, 0.1) is 0 Å². The lowest BCUT2D eigenvalue weighted by Gasteiger charge is -2.38. The lowest BCUT2D eigenvalue weighted by molar-refractivity contribution is -0.142. The van der Waals surface area contributed by atoms with Crippen LogP contribution in [-0.2, 0) is 9.53 Å². The van der Waals surface area contributed by atoms with Crippen molar-refractivity contribution in [2.75, 3.05) is 46.6 Å². The van der Waals surface area contributed by atoms with Gasteiger partial charge in [-0.2, -0.15) is 0 Å². The molecule has 2 unspecified atom stereocenters. The van der Waals surface area contributed by atoms with Crippen molar-refractivity contribution < 1.29 is 14.3 Å². The van der Waals surface area contributed by atoms with Crippen LogP contribution in [0.2, 0.25) is 0 Å². The van der Waals surface area contributed by atoms with Crippen molar-refractivity contribution in [3.63, 3.8) is 0 Å². The van der Waals surface area contributed by atoms with Crippen LogP contribution in [0.5, 0.6) is 5.75 Å². The third-order valence-corrected chi connectivity index (χ3v) is 5.52. The van der Waals surface area contributed by atoms with Gasteiger partial charge in [0.05, 0.1) is 6.04 Å². The first-order chi connectivity index (χ1) is 13.7. The molecule has 29 heavy (non-hydrogen) atoms. The average molecular weight is 418 g/mol. The summed E-state index contributed by atoms with van der Waals surface area (Å²) in [7, 11) is 2.15. The summed E-state index contributed by atoms with van der Waals surface area (Å²) in [4.78, 5) is 17.7. The van der Waals surface area contributed by atoms with Gasteiger partial charge in [-0.25, -0.2) is 0 Å². The molecule has 1 saturated heterocycles. The Morgan fingerprint density at radius 3 is 2.52 bits per heavy atom. The van der Waals surface area contributed by atoms with E-state index in [0.29, 0.717) is 12.3 Å². The second kappa shape index (κ2) is 10.1. The van der Waals surface area contributed by atoms with E-state index in [1.165, 1.54) is 5.56 Å². The topological polar surface area (TPSA) is 54.0 Å². The molecule has 1 fully saturated rings. The second-order valence-electron chi connectivity index (χ2n) is 7.36. The molecule has 2 heterocycles. The zero-order valence-corrected chi connectivity index (χ0v) is 17.4. The standard InChI is InChI=1S/C22H27N3O3.ClH/c1-24-11-13-25(14-12-24)19(17-7-3-2-4-8-17)15-23-22(26)21-18-9-5-6-10-20(18)27-16-28-21;/h2-10,19,21H,11-16H2,1H3,(H,23,26);1H. The van der Waals surface area contributed by atoms with Gasteiger partial charge in [0.1, 0.15) is 5.75 Å². The molecule has 0 radical (unpaired) electrons. The molecule has 0 aliphatic carbocycles. The highest BCUT2D eigenvalue weighted by molar-refractivity contribution is 5.85. The number of nitrogens with one attached hydrogen (secondary N) is 1. The summed E-state index contributed by atoms with van der Waals surface area (Å²) in [6, 6.07) is 18.1. The zero-order valence-electron chi connectivity index (χ0n) is 16.6. The molecule has 2 aromatic rings. The first-order valence-electron chi connectivity index (χ1n) is 9.81. The van der Waals surface area contributed by atoms with E-state index in [4.69, 9.17) is 9.47 Å². The van der Waals surface area contributed by atoms with Gasteiger partial charge in [0.2, 0.25) is 0 Å². The number of nitrogens with zero attached hydrogens (tertiary/aromatic N) is 2. The lowest BCUT2D eigenvalue weighted by Crippen LogP contribution is -2.49. The molecular formula is C22H28ClN3O3. The largest absolute Gasteiger partial charge is 0.467 e. The van der Waals surface area contributed by atoms with Crippen molar-refractivity contribution in [2.45, 2.75) is 12.1 Å². The summed E-state index contributed by atoms with van der Waals surface area (Å²) in [6.07, 6.45) is -0.631. The van der Waals surface area contributed by atoms with E-state index in [1.54, 1.807) is 0 Å². The third kappa shape index (κ3) is 5.08. The second-order valence-corrected chi connectivity index (χ2v) is 7.36. The van der Waals surface area contributed by atoms with Crippen molar-refractivity contribution in [3.8, 4) is 5.75 Å². The quantitative estimate of drug-likeness (QED) is 0.810. The van der Waals surface area contributed by atoms with Crippen molar-refractivity contribution in [1.82, 2.24) is 15.1 Å². The number of fused-ring (bicyclic) bond motifs is 1. The average Bonchev–Trinajstić information content (AvgIpc) is 2.75. The highest BCUT2D eigenvalue weighted by Gasteiger charge is 2.30. The number of rotatable bonds is 5. The molecule has 7 heteroatoms. The summed E-state index contributed by atoms with van der Waals surface area (Å²) < 4.78 is 11.1. The van der Waals surface area contributed by atoms with Crippen LogP contribution < -0.4 is 10.1 Å². The van der Waals surface area contributed by atoms with Crippen molar-refractivity contribution in [2.24, 2.45) is 0 Å². The van der Waals surface area contributed by atoms with Crippen molar-refractivity contribution in [1.29, 1.82) is 0 Å². The highest BCUT2D eigenvalue weighted by atomic mass is 35.5. The Hall–Kier alpha value is -2.12. The van der Waals surface area contributed by atoms with Crippen LogP contribution >= 0.6 is 12.4 Å². The number of carbonyl (C=O) groups excluding carboxylic acids is 1. The predicted molar refractivity (Wildman–Crippen MR) is 114 cm³/mol. The zero-order chi connectivity index (χ0) is 19.3. The van der Waals surface area contributed by atoms with Gasteiger partial charge in [-0.15, -0.1) is 12.4 Å². The first kappa shape index (κ1) is 21.6. The summed E-state index contributed by atoms with van der Waals surface area (Å²) in [5, 5.41) is 3.13. The van der Waals surface area contributed by atoms with E-state index >= 15 is 0 Å². The molecule has 1 amide bonds. The van der Waals surface area contributed by atoms with Gasteiger partial charge in [0.25, 0.3) is 5.91 Å². The molecule has 2 aliphatic heterocycles. The number of likely N-dealkylation sites (N-methyl/N-ethyl adjacent to an activating group) is 1. The first-order valence-corrected chi connectivity index (χ1v) is 9.81. The number of halogens is 1. The number of amides is 1. The van der Waals surface area contributed by atoms with Crippen LogP contribution in [0.15, 0.2) is 54.6 Å². The fourth-order valence-electron chi connectivity index (χ4n) is 3.86. The fourth-order valence-corrected chi connectivity index (χ4v) is 3.86. The number of hydrogen-bond acceptors (Lipinski definition) is 5. The molecule has 0 saturated carbocycles. The Labute approximate surface area is 178 Å². The van der Waals surface area contributed by atoms with Crippen LogP contribution in [-0.4, -0.2) is 62.3 Å². The molecule has 0 spiro atoms. The van der Waals surface area contributed by atoms with E-state index < -0.39 is 6.10 Å². The van der Waals surface area contributed by atoms with Gasteiger partial charge < -0.3 is 19.7 Å². The Morgan fingerprint density at radius 2 is 1.76 bits per heavy atom. The SMILES string of the molecule is CN1CCN(C(CNC(=O)C2OCOc3ccccc32)c2ccccc2)CC1.Cl. The fraction of sp³-hybridized carbons (Fsp3) is 0.409. The minimum absolute atomic E-state index is 0. The summed E-state index contributed by atoms with van der Waals surface area (Å²) in [5.41, 5.74) is 2.00. The van der Waals surface area contributed by atoms with E-state index in [2.05, 4.69) is 46.4 Å². The van der Waals surface area contributed by atoms with Gasteiger partial charge in [0.15, 0.2) is 12.9 Å². The van der Waals surface area contributed by atoms with Crippen molar-refractivity contribution >= 4 is 18.3 Å². The molecular weight excluding hydrogens is 390 g/mol. The number of benzene rings is 2.